The first-order valence-corrected chi connectivity index (χ1v) is 15.5. The summed E-state index contributed by atoms with van der Waals surface area (Å²) in [6.45, 7) is 7.13. The van der Waals surface area contributed by atoms with E-state index >= 15 is 0 Å². The molecule has 1 heterocycles. The van der Waals surface area contributed by atoms with E-state index in [9.17, 15) is 4.39 Å². The van der Waals surface area contributed by atoms with Gasteiger partial charge in [-0.1, -0.05) is 113 Å². The summed E-state index contributed by atoms with van der Waals surface area (Å²) in [7, 11) is -0.947. The molecule has 0 radical (unpaired) electrons. The van der Waals surface area contributed by atoms with Crippen molar-refractivity contribution in [1.29, 1.82) is 0 Å². The van der Waals surface area contributed by atoms with E-state index in [0.717, 1.165) is 41.9 Å². The lowest BCUT2D eigenvalue weighted by Gasteiger charge is -2.36. The number of unbranched alkanes of at least 4 members (excludes halogenated alkanes) is 2. The van der Waals surface area contributed by atoms with Crippen LogP contribution in [0.1, 0.15) is 69.9 Å². The molecular formula is C28H41FSi. The Morgan fingerprint density at radius 2 is 1.57 bits per heavy atom. The van der Waals surface area contributed by atoms with Crippen LogP contribution in [0.4, 0.5) is 4.39 Å². The summed E-state index contributed by atoms with van der Waals surface area (Å²) >= 11 is 0. The van der Waals surface area contributed by atoms with Gasteiger partial charge in [0.25, 0.3) is 0 Å². The van der Waals surface area contributed by atoms with Gasteiger partial charge in [0.1, 0.15) is 5.82 Å². The number of hydrogen-bond acceptors (Lipinski definition) is 0. The minimum Gasteiger partial charge on any atom is -0.206 e. The number of rotatable bonds is 10. The summed E-state index contributed by atoms with van der Waals surface area (Å²) in [5.41, 5.74) is 4.20. The summed E-state index contributed by atoms with van der Waals surface area (Å²) in [5, 5.41) is 0. The van der Waals surface area contributed by atoms with Gasteiger partial charge in [-0.25, -0.2) is 4.39 Å². The van der Waals surface area contributed by atoms with Crippen LogP contribution in [0.15, 0.2) is 42.5 Å². The summed E-state index contributed by atoms with van der Waals surface area (Å²) in [5.74, 6) is 0.779. The lowest BCUT2D eigenvalue weighted by Crippen LogP contribution is -2.34. The van der Waals surface area contributed by atoms with Crippen LogP contribution in [0, 0.1) is 11.7 Å². The molecule has 0 amide bonds. The molecule has 30 heavy (non-hydrogen) atoms. The zero-order valence-corrected chi connectivity index (χ0v) is 20.5. The first-order valence-electron chi connectivity index (χ1n) is 12.4. The lowest BCUT2D eigenvalue weighted by atomic mass is 9.93. The summed E-state index contributed by atoms with van der Waals surface area (Å²) in [4.78, 5) is 0. The number of benzene rings is 2. The number of hydrogen-bond donors (Lipinski definition) is 0. The molecule has 1 saturated heterocycles. The smallest absolute Gasteiger partial charge is 0.131 e. The van der Waals surface area contributed by atoms with Gasteiger partial charge in [-0.15, -0.1) is 0 Å². The Labute approximate surface area is 185 Å². The van der Waals surface area contributed by atoms with E-state index in [2.05, 4.69) is 50.7 Å². The molecule has 164 valence electrons. The van der Waals surface area contributed by atoms with Crippen molar-refractivity contribution in [3.63, 3.8) is 0 Å². The first-order chi connectivity index (χ1) is 14.5. The fraction of sp³-hybridized carbons (Fsp3) is 0.571. The second-order valence-corrected chi connectivity index (χ2v) is 15.1. The third kappa shape index (κ3) is 6.54. The maximum Gasteiger partial charge on any atom is 0.131 e. The van der Waals surface area contributed by atoms with Gasteiger partial charge in [-0.05, 0) is 47.9 Å². The summed E-state index contributed by atoms with van der Waals surface area (Å²) < 4.78 is 14.8. The van der Waals surface area contributed by atoms with Crippen LogP contribution in [0.5, 0.6) is 0 Å². The third-order valence-electron chi connectivity index (χ3n) is 7.37. The van der Waals surface area contributed by atoms with Gasteiger partial charge in [0, 0.05) is 5.56 Å². The Hall–Kier alpha value is -1.41. The van der Waals surface area contributed by atoms with Crippen LogP contribution < -0.4 is 0 Å². The quantitative estimate of drug-likeness (QED) is 0.263. The Kier molecular flexibility index (Phi) is 8.74. The molecule has 1 aliphatic rings. The highest BCUT2D eigenvalue weighted by Crippen LogP contribution is 2.38. The van der Waals surface area contributed by atoms with E-state index in [1.165, 1.54) is 56.2 Å². The SMILES string of the molecule is CCCCC[Si]1(C)CCC(CCc2ccc(-c3ccc(CCC)cc3)c(F)c2)CC1. The van der Waals surface area contributed by atoms with Crippen molar-refractivity contribution in [1.82, 2.24) is 0 Å². The molecule has 0 aliphatic carbocycles. The van der Waals surface area contributed by atoms with Crippen molar-refractivity contribution in [2.24, 2.45) is 5.92 Å². The fourth-order valence-electron chi connectivity index (χ4n) is 5.17. The zero-order valence-electron chi connectivity index (χ0n) is 19.5. The Bertz CT molecular complexity index is 772. The molecule has 3 rings (SSSR count). The number of aryl methyl sites for hydroxylation is 2. The van der Waals surface area contributed by atoms with Gasteiger partial charge < -0.3 is 0 Å². The molecule has 1 fully saturated rings. The standard InChI is InChI=1S/C28H41FSi/c1-4-6-7-19-30(3)20-17-24(18-21-30)9-10-25-13-16-27(28(29)22-25)26-14-11-23(8-5-2)12-15-26/h11-16,22,24H,4-10,17-21H2,1-3H3. The van der Waals surface area contributed by atoms with E-state index in [1.54, 1.807) is 12.1 Å². The topological polar surface area (TPSA) is 0 Å². The Balaban J connectivity index is 1.50. The van der Waals surface area contributed by atoms with E-state index < -0.39 is 8.07 Å². The van der Waals surface area contributed by atoms with Crippen LogP contribution in [-0.2, 0) is 12.8 Å². The van der Waals surface area contributed by atoms with Gasteiger partial charge in [-0.3, -0.25) is 0 Å². The molecule has 0 nitrogen and oxygen atoms in total. The van der Waals surface area contributed by atoms with Gasteiger partial charge in [-0.2, -0.15) is 0 Å². The molecule has 1 aliphatic heterocycles. The second-order valence-electron chi connectivity index (χ2n) is 10.0. The zero-order chi connectivity index (χ0) is 21.4. The monoisotopic (exact) mass is 424 g/mol. The summed E-state index contributed by atoms with van der Waals surface area (Å²) in [6.07, 6.45) is 11.5. The largest absolute Gasteiger partial charge is 0.206 e. The van der Waals surface area contributed by atoms with Crippen molar-refractivity contribution in [3.05, 3.63) is 59.4 Å². The molecule has 2 aromatic carbocycles. The Morgan fingerprint density at radius 3 is 2.20 bits per heavy atom. The van der Waals surface area contributed by atoms with Crippen LogP contribution in [-0.4, -0.2) is 8.07 Å². The molecule has 2 aromatic rings. The molecular weight excluding hydrogens is 383 g/mol. The molecule has 0 saturated carbocycles. The predicted octanol–water partition coefficient (Wildman–Crippen LogP) is 9.06. The van der Waals surface area contributed by atoms with Crippen molar-refractivity contribution in [3.8, 4) is 11.1 Å². The second kappa shape index (κ2) is 11.3. The highest BCUT2D eigenvalue weighted by Gasteiger charge is 2.32. The fourth-order valence-corrected chi connectivity index (χ4v) is 9.24. The maximum atomic E-state index is 14.8. The highest BCUT2D eigenvalue weighted by atomic mass is 28.3. The average molecular weight is 425 g/mol. The maximum absolute atomic E-state index is 14.8. The average Bonchev–Trinajstić information content (AvgIpc) is 2.75. The van der Waals surface area contributed by atoms with E-state index in [1.807, 2.05) is 6.07 Å². The number of halogens is 1. The molecule has 0 bridgehead atoms. The van der Waals surface area contributed by atoms with Gasteiger partial charge >= 0.3 is 0 Å². The van der Waals surface area contributed by atoms with Crippen molar-refractivity contribution in [2.75, 3.05) is 0 Å². The van der Waals surface area contributed by atoms with Crippen LogP contribution in [0.3, 0.4) is 0 Å². The van der Waals surface area contributed by atoms with Gasteiger partial charge in [0.15, 0.2) is 0 Å². The molecule has 0 N–H and O–H groups in total. The van der Waals surface area contributed by atoms with Crippen molar-refractivity contribution < 1.29 is 4.39 Å². The predicted molar refractivity (Wildman–Crippen MR) is 132 cm³/mol. The highest BCUT2D eigenvalue weighted by molar-refractivity contribution is 6.78. The molecule has 0 spiro atoms. The van der Waals surface area contributed by atoms with Crippen molar-refractivity contribution >= 4 is 8.07 Å². The molecule has 2 heteroatoms. The van der Waals surface area contributed by atoms with Crippen LogP contribution in [0.25, 0.3) is 11.1 Å². The van der Waals surface area contributed by atoms with Gasteiger partial charge in [0.05, 0.1) is 8.07 Å². The van der Waals surface area contributed by atoms with E-state index in [4.69, 9.17) is 0 Å². The summed E-state index contributed by atoms with van der Waals surface area (Å²) in [6, 6.07) is 18.9. The van der Waals surface area contributed by atoms with E-state index in [-0.39, 0.29) is 5.82 Å². The van der Waals surface area contributed by atoms with Crippen molar-refractivity contribution in [2.45, 2.75) is 96.3 Å². The molecule has 0 unspecified atom stereocenters. The molecule has 0 atom stereocenters. The van der Waals surface area contributed by atoms with E-state index in [0.29, 0.717) is 0 Å². The van der Waals surface area contributed by atoms with Gasteiger partial charge in [0.2, 0.25) is 0 Å². The third-order valence-corrected chi connectivity index (χ3v) is 11.9. The Morgan fingerprint density at radius 1 is 0.867 bits per heavy atom. The van der Waals surface area contributed by atoms with Crippen LogP contribution in [0.2, 0.25) is 24.7 Å². The normalized spacial score (nSPS) is 21.7. The van der Waals surface area contributed by atoms with Crippen LogP contribution >= 0.6 is 0 Å². The lowest BCUT2D eigenvalue weighted by molar-refractivity contribution is 0.432. The minimum atomic E-state index is -0.947. The molecule has 0 aromatic heterocycles. The minimum absolute atomic E-state index is 0.0738. The first kappa shape index (κ1) is 23.3.